The Labute approximate surface area is 186 Å². The number of aliphatic hydroxyl groups excluding tert-OH is 1. The summed E-state index contributed by atoms with van der Waals surface area (Å²) in [6.07, 6.45) is 1.23. The molecule has 1 N–H and O–H groups in total. The lowest BCUT2D eigenvalue weighted by Crippen LogP contribution is -2.44. The maximum atomic E-state index is 12.0. The summed E-state index contributed by atoms with van der Waals surface area (Å²) in [6, 6.07) is 0. The summed E-state index contributed by atoms with van der Waals surface area (Å²) < 4.78 is 17.3. The van der Waals surface area contributed by atoms with Crippen molar-refractivity contribution in [3.05, 3.63) is 0 Å². The lowest BCUT2D eigenvalue weighted by molar-refractivity contribution is -0.155. The number of rotatable bonds is 11. The Hall–Kier alpha value is 0.0500. The molecular formula is C22H42O5S2. The highest BCUT2D eigenvalue weighted by atomic mass is 32.2. The quantitative estimate of drug-likeness (QED) is 0.461. The van der Waals surface area contributed by atoms with Crippen molar-refractivity contribution in [2.75, 3.05) is 32.3 Å². The highest BCUT2D eigenvalue weighted by molar-refractivity contribution is 8.17. The Morgan fingerprint density at radius 3 is 2.10 bits per heavy atom. The largest absolute Gasteiger partial charge is 0.465 e. The molecular weight excluding hydrogens is 408 g/mol. The number of hydrogen-bond donors (Lipinski definition) is 1. The minimum atomic E-state index is -0.733. The van der Waals surface area contributed by atoms with Crippen LogP contribution < -0.4 is 0 Å². The maximum absolute atomic E-state index is 12.0. The molecule has 0 aromatic carbocycles. The van der Waals surface area contributed by atoms with Gasteiger partial charge in [-0.15, -0.1) is 23.5 Å². The van der Waals surface area contributed by atoms with Gasteiger partial charge in [0, 0.05) is 14.2 Å². The Bertz CT molecular complexity index is 486. The first-order valence-electron chi connectivity index (χ1n) is 10.6. The second-order valence-corrected chi connectivity index (χ2v) is 12.6. The smallest absolute Gasteiger partial charge is 0.311 e. The van der Waals surface area contributed by atoms with Crippen LogP contribution in [0.2, 0.25) is 0 Å². The van der Waals surface area contributed by atoms with Crippen LogP contribution >= 0.6 is 23.5 Å². The molecule has 0 spiro atoms. The topological polar surface area (TPSA) is 65.0 Å². The van der Waals surface area contributed by atoms with Crippen molar-refractivity contribution >= 4 is 29.5 Å². The van der Waals surface area contributed by atoms with Gasteiger partial charge < -0.3 is 19.3 Å². The van der Waals surface area contributed by atoms with E-state index in [4.69, 9.17) is 14.2 Å². The third kappa shape index (κ3) is 8.98. The summed E-state index contributed by atoms with van der Waals surface area (Å²) in [4.78, 5) is 12.0. The fourth-order valence-electron chi connectivity index (χ4n) is 3.41. The second kappa shape index (κ2) is 12.2. The van der Waals surface area contributed by atoms with Gasteiger partial charge in [0.15, 0.2) is 0 Å². The van der Waals surface area contributed by atoms with Crippen LogP contribution in [-0.2, 0) is 19.0 Å². The number of hydrogen-bond acceptors (Lipinski definition) is 7. The van der Waals surface area contributed by atoms with Crippen molar-refractivity contribution in [3.8, 4) is 0 Å². The molecule has 4 atom stereocenters. The third-order valence-corrected chi connectivity index (χ3v) is 9.05. The molecule has 0 radical (unpaired) electrons. The molecule has 1 rings (SSSR count). The molecule has 0 unspecified atom stereocenters. The highest BCUT2D eigenvalue weighted by Gasteiger charge is 2.38. The molecule has 7 heteroatoms. The Morgan fingerprint density at radius 1 is 1.07 bits per heavy atom. The van der Waals surface area contributed by atoms with E-state index in [1.165, 1.54) is 17.9 Å². The van der Waals surface area contributed by atoms with Gasteiger partial charge in [-0.05, 0) is 62.9 Å². The van der Waals surface area contributed by atoms with Crippen molar-refractivity contribution in [3.63, 3.8) is 0 Å². The van der Waals surface area contributed by atoms with Crippen LogP contribution in [0.5, 0.6) is 0 Å². The molecule has 1 aliphatic heterocycles. The van der Waals surface area contributed by atoms with Crippen molar-refractivity contribution in [2.24, 2.45) is 16.7 Å². The SMILES string of the molecule is CO[C@@H](C[C@@H](C)COC(=O)C(C)(C)C)[C@@H](O)[C@H](CC(C)(C)C1SCCCS1)OC. The van der Waals surface area contributed by atoms with E-state index >= 15 is 0 Å². The molecule has 0 aliphatic carbocycles. The van der Waals surface area contributed by atoms with Crippen LogP contribution in [0.25, 0.3) is 0 Å². The van der Waals surface area contributed by atoms with E-state index < -0.39 is 11.5 Å². The lowest BCUT2D eigenvalue weighted by Gasteiger charge is -2.40. The summed E-state index contributed by atoms with van der Waals surface area (Å²) in [5.74, 6) is 2.27. The van der Waals surface area contributed by atoms with E-state index in [2.05, 4.69) is 13.8 Å². The number of ether oxygens (including phenoxy) is 3. The van der Waals surface area contributed by atoms with Gasteiger partial charge in [-0.3, -0.25) is 4.79 Å². The molecule has 1 saturated heterocycles. The van der Waals surface area contributed by atoms with E-state index in [0.29, 0.717) is 17.6 Å². The lowest BCUT2D eigenvalue weighted by atomic mass is 9.84. The fraction of sp³-hybridized carbons (Fsp3) is 0.955. The van der Waals surface area contributed by atoms with Crippen molar-refractivity contribution < 1.29 is 24.1 Å². The molecule has 5 nitrogen and oxygen atoms in total. The summed E-state index contributed by atoms with van der Waals surface area (Å²) in [5, 5.41) is 11.0. The van der Waals surface area contributed by atoms with Crippen LogP contribution in [0.1, 0.15) is 60.8 Å². The van der Waals surface area contributed by atoms with Crippen LogP contribution in [-0.4, -0.2) is 66.3 Å². The second-order valence-electron chi connectivity index (χ2n) is 9.85. The first-order chi connectivity index (χ1) is 13.4. The molecule has 0 aromatic rings. The normalized spacial score (nSPS) is 20.7. The zero-order valence-corrected chi connectivity index (χ0v) is 21.2. The zero-order chi connectivity index (χ0) is 22.2. The van der Waals surface area contributed by atoms with E-state index in [1.54, 1.807) is 14.2 Å². The molecule has 29 heavy (non-hydrogen) atoms. The van der Waals surface area contributed by atoms with E-state index in [-0.39, 0.29) is 29.5 Å². The van der Waals surface area contributed by atoms with Gasteiger partial charge in [0.1, 0.15) is 6.10 Å². The molecule has 1 heterocycles. The van der Waals surface area contributed by atoms with Crippen LogP contribution in [0.3, 0.4) is 0 Å². The number of esters is 1. The average molecular weight is 451 g/mol. The van der Waals surface area contributed by atoms with Gasteiger partial charge in [-0.25, -0.2) is 0 Å². The summed E-state index contributed by atoms with van der Waals surface area (Å²) in [6.45, 7) is 12.4. The van der Waals surface area contributed by atoms with Crippen molar-refractivity contribution in [1.29, 1.82) is 0 Å². The van der Waals surface area contributed by atoms with Gasteiger partial charge in [0.25, 0.3) is 0 Å². The van der Waals surface area contributed by atoms with Crippen molar-refractivity contribution in [1.82, 2.24) is 0 Å². The van der Waals surface area contributed by atoms with E-state index in [9.17, 15) is 9.90 Å². The Balaban J connectivity index is 2.65. The summed E-state index contributed by atoms with van der Waals surface area (Å²) in [7, 11) is 3.28. The van der Waals surface area contributed by atoms with Gasteiger partial charge in [-0.2, -0.15) is 0 Å². The molecule has 0 saturated carbocycles. The Morgan fingerprint density at radius 2 is 1.62 bits per heavy atom. The number of carbonyl (C=O) groups excluding carboxylic acids is 1. The predicted octanol–water partition coefficient (Wildman–Crippen LogP) is 4.61. The fourth-order valence-corrected chi connectivity index (χ4v) is 6.70. The van der Waals surface area contributed by atoms with E-state index in [1.807, 2.05) is 51.2 Å². The van der Waals surface area contributed by atoms with Gasteiger partial charge in [-0.1, -0.05) is 20.8 Å². The molecule has 172 valence electrons. The third-order valence-electron chi connectivity index (χ3n) is 5.31. The minimum Gasteiger partial charge on any atom is -0.465 e. The standard InChI is InChI=1S/C22H42O5S2/c1-15(14-27-19(24)21(2,3)4)12-16(25-7)18(23)17(26-8)13-22(5,6)20-28-10-9-11-29-20/h15-18,20,23H,9-14H2,1-8H3/t15-,16+,17+,18-/m1/s1. The molecule has 0 aromatic heterocycles. The maximum Gasteiger partial charge on any atom is 0.311 e. The first kappa shape index (κ1) is 27.1. The average Bonchev–Trinajstić information content (AvgIpc) is 2.67. The van der Waals surface area contributed by atoms with Crippen LogP contribution in [0.4, 0.5) is 0 Å². The summed E-state index contributed by atoms with van der Waals surface area (Å²) in [5.41, 5.74) is -0.467. The summed E-state index contributed by atoms with van der Waals surface area (Å²) >= 11 is 4.03. The first-order valence-corrected chi connectivity index (χ1v) is 12.7. The van der Waals surface area contributed by atoms with Crippen LogP contribution in [0, 0.1) is 16.7 Å². The number of carbonyl (C=O) groups is 1. The van der Waals surface area contributed by atoms with Gasteiger partial charge in [0.05, 0.1) is 28.8 Å². The number of aliphatic hydroxyl groups is 1. The Kier molecular flexibility index (Phi) is 11.4. The molecule has 1 fully saturated rings. The van der Waals surface area contributed by atoms with Gasteiger partial charge >= 0.3 is 5.97 Å². The van der Waals surface area contributed by atoms with Gasteiger partial charge in [0.2, 0.25) is 0 Å². The van der Waals surface area contributed by atoms with E-state index in [0.717, 1.165) is 6.42 Å². The number of thioether (sulfide) groups is 2. The predicted molar refractivity (Wildman–Crippen MR) is 124 cm³/mol. The monoisotopic (exact) mass is 450 g/mol. The minimum absolute atomic E-state index is 0.0452. The highest BCUT2D eigenvalue weighted by Crippen LogP contribution is 2.45. The number of methoxy groups -OCH3 is 2. The molecule has 0 bridgehead atoms. The molecule has 1 aliphatic rings. The molecule has 0 amide bonds. The zero-order valence-electron chi connectivity index (χ0n) is 19.5. The van der Waals surface area contributed by atoms with Crippen LogP contribution in [0.15, 0.2) is 0 Å². The van der Waals surface area contributed by atoms with Crippen molar-refractivity contribution in [2.45, 2.75) is 83.7 Å².